The van der Waals surface area contributed by atoms with Crippen molar-refractivity contribution in [2.24, 2.45) is 23.7 Å². The second-order valence-electron chi connectivity index (χ2n) is 9.02. The van der Waals surface area contributed by atoms with Gasteiger partial charge in [-0.3, -0.25) is 14.5 Å². The Kier molecular flexibility index (Phi) is 4.26. The quantitative estimate of drug-likeness (QED) is 0.443. The molecule has 2 aromatic carbocycles. The average molecular weight is 459 g/mol. The first-order valence-corrected chi connectivity index (χ1v) is 11.2. The second kappa shape index (κ2) is 6.99. The van der Waals surface area contributed by atoms with Crippen molar-refractivity contribution in [3.05, 3.63) is 70.8 Å². The highest BCUT2D eigenvalue weighted by atomic mass is 35.5. The normalized spacial score (nSPS) is 25.6. The summed E-state index contributed by atoms with van der Waals surface area (Å²) in [5.41, 5.74) is 3.38. The maximum Gasteiger partial charge on any atom is 0.336 e. The van der Waals surface area contributed by atoms with E-state index in [2.05, 4.69) is 11.1 Å². The summed E-state index contributed by atoms with van der Waals surface area (Å²) in [5, 5.41) is 10.5. The van der Waals surface area contributed by atoms with Crippen molar-refractivity contribution < 1.29 is 19.5 Å². The van der Waals surface area contributed by atoms with E-state index in [-0.39, 0.29) is 41.0 Å². The zero-order valence-electron chi connectivity index (χ0n) is 17.7. The molecule has 4 unspecified atom stereocenters. The fourth-order valence-electron chi connectivity index (χ4n) is 5.85. The predicted molar refractivity (Wildman–Crippen MR) is 124 cm³/mol. The van der Waals surface area contributed by atoms with Crippen LogP contribution in [0.2, 0.25) is 5.02 Å². The van der Waals surface area contributed by atoms with Crippen LogP contribution in [-0.4, -0.2) is 27.9 Å². The van der Waals surface area contributed by atoms with Crippen molar-refractivity contribution >= 4 is 46.0 Å². The molecule has 1 saturated heterocycles. The van der Waals surface area contributed by atoms with Crippen LogP contribution in [0.25, 0.3) is 22.2 Å². The van der Waals surface area contributed by atoms with Crippen molar-refractivity contribution in [1.82, 2.24) is 4.98 Å². The number of imide groups is 1. The third kappa shape index (κ3) is 2.80. The third-order valence-electron chi connectivity index (χ3n) is 7.32. The number of carbonyl (C=O) groups is 3. The third-order valence-corrected chi connectivity index (χ3v) is 7.63. The molecule has 3 aromatic rings. The molecule has 3 aliphatic rings. The largest absolute Gasteiger partial charge is 0.478 e. The Morgan fingerprint density at radius 2 is 1.82 bits per heavy atom. The highest BCUT2D eigenvalue weighted by Crippen LogP contribution is 2.55. The Balaban J connectivity index is 1.37. The predicted octanol–water partition coefficient (Wildman–Crippen LogP) is 4.96. The number of para-hydroxylation sites is 1. The van der Waals surface area contributed by atoms with E-state index in [4.69, 9.17) is 11.6 Å². The Hall–Kier alpha value is -3.51. The lowest BCUT2D eigenvalue weighted by Gasteiger charge is -2.19. The van der Waals surface area contributed by atoms with Crippen LogP contribution >= 0.6 is 11.6 Å². The van der Waals surface area contributed by atoms with Gasteiger partial charge in [0, 0.05) is 10.9 Å². The molecule has 1 N–H and O–H groups in total. The van der Waals surface area contributed by atoms with Crippen LogP contribution in [0.4, 0.5) is 5.69 Å². The number of carbonyl (C=O) groups excluding carboxylic acids is 2. The molecule has 0 spiro atoms. The van der Waals surface area contributed by atoms with Gasteiger partial charge >= 0.3 is 5.97 Å². The van der Waals surface area contributed by atoms with Gasteiger partial charge in [0.15, 0.2) is 0 Å². The second-order valence-corrected chi connectivity index (χ2v) is 9.43. The summed E-state index contributed by atoms with van der Waals surface area (Å²) >= 11 is 6.28. The number of aromatic carboxylic acids is 1. The minimum Gasteiger partial charge on any atom is -0.478 e. The molecule has 1 aliphatic heterocycles. The van der Waals surface area contributed by atoms with Crippen molar-refractivity contribution in [3.63, 3.8) is 0 Å². The standard InChI is InChI=1S/C26H19ClN2O4/c1-12-9-14-10-17(12)22-21(14)24(30)29(25(22)31)15-7-5-13(6-8-15)20-11-18(26(32)33)16-3-2-4-19(27)23(16)28-20/h2-9,11,14,17,21-22H,10H2,1H3,(H,32,33). The zero-order chi connectivity index (χ0) is 23.0. The number of rotatable bonds is 3. The van der Waals surface area contributed by atoms with Crippen LogP contribution in [-0.2, 0) is 9.59 Å². The molecule has 164 valence electrons. The number of hydrogen-bond donors (Lipinski definition) is 1. The highest BCUT2D eigenvalue weighted by molar-refractivity contribution is 6.35. The lowest BCUT2D eigenvalue weighted by Crippen LogP contribution is -2.32. The molecule has 0 radical (unpaired) electrons. The number of hydrogen-bond acceptors (Lipinski definition) is 4. The highest BCUT2D eigenvalue weighted by Gasteiger charge is 2.60. The summed E-state index contributed by atoms with van der Waals surface area (Å²) in [5.74, 6) is -1.51. The molecule has 6 rings (SSSR count). The van der Waals surface area contributed by atoms with E-state index >= 15 is 0 Å². The fourth-order valence-corrected chi connectivity index (χ4v) is 6.07. The van der Waals surface area contributed by atoms with Crippen LogP contribution in [0, 0.1) is 23.7 Å². The fraction of sp³-hybridized carbons (Fsp3) is 0.231. The number of halogens is 1. The number of pyridine rings is 1. The van der Waals surface area contributed by atoms with Crippen molar-refractivity contribution in [2.75, 3.05) is 4.90 Å². The number of allylic oxidation sites excluding steroid dienone is 2. The lowest BCUT2D eigenvalue weighted by atomic mass is 9.82. The van der Waals surface area contributed by atoms with E-state index < -0.39 is 5.97 Å². The van der Waals surface area contributed by atoms with Crippen molar-refractivity contribution in [2.45, 2.75) is 13.3 Å². The van der Waals surface area contributed by atoms with Gasteiger partial charge in [0.2, 0.25) is 11.8 Å². The maximum atomic E-state index is 13.2. The van der Waals surface area contributed by atoms with Crippen molar-refractivity contribution in [3.8, 4) is 11.3 Å². The molecule has 2 aliphatic carbocycles. The van der Waals surface area contributed by atoms with Crippen LogP contribution in [0.15, 0.2) is 60.2 Å². The molecule has 6 nitrogen and oxygen atoms in total. The van der Waals surface area contributed by atoms with Gasteiger partial charge in [-0.2, -0.15) is 0 Å². The van der Waals surface area contributed by atoms with E-state index in [1.165, 1.54) is 16.5 Å². The molecule has 2 heterocycles. The van der Waals surface area contributed by atoms with Gasteiger partial charge < -0.3 is 5.11 Å². The van der Waals surface area contributed by atoms with Crippen molar-refractivity contribution in [1.29, 1.82) is 0 Å². The van der Waals surface area contributed by atoms with Crippen LogP contribution in [0.1, 0.15) is 23.7 Å². The smallest absolute Gasteiger partial charge is 0.336 e. The summed E-state index contributed by atoms with van der Waals surface area (Å²) in [6.45, 7) is 2.05. The monoisotopic (exact) mass is 458 g/mol. The number of amides is 2. The first-order chi connectivity index (χ1) is 15.8. The number of nitrogens with zero attached hydrogens (tertiary/aromatic N) is 2. The molecule has 1 aromatic heterocycles. The minimum absolute atomic E-state index is 0.109. The first kappa shape index (κ1) is 20.1. The number of aromatic nitrogens is 1. The SMILES string of the molecule is CC1=CC2CC1C1C(=O)N(c3ccc(-c4cc(C(=O)O)c5cccc(Cl)c5n4)cc3)C(=O)C21. The van der Waals surface area contributed by atoms with Gasteiger partial charge in [0.25, 0.3) is 0 Å². The summed E-state index contributed by atoms with van der Waals surface area (Å²) in [6.07, 6.45) is 3.05. The number of benzene rings is 2. The van der Waals surface area contributed by atoms with Crippen LogP contribution in [0.5, 0.6) is 0 Å². The summed E-state index contributed by atoms with van der Waals surface area (Å²) in [6, 6.07) is 13.5. The van der Waals surface area contributed by atoms with Gasteiger partial charge in [-0.15, -0.1) is 0 Å². The van der Waals surface area contributed by atoms with E-state index in [9.17, 15) is 19.5 Å². The number of carboxylic acid groups (broad SMARTS) is 1. The van der Waals surface area contributed by atoms with E-state index in [0.29, 0.717) is 32.9 Å². The van der Waals surface area contributed by atoms with Crippen LogP contribution < -0.4 is 4.90 Å². The topological polar surface area (TPSA) is 87.6 Å². The van der Waals surface area contributed by atoms with Gasteiger partial charge in [-0.25, -0.2) is 9.78 Å². The van der Waals surface area contributed by atoms with Gasteiger partial charge in [0.05, 0.1) is 39.3 Å². The lowest BCUT2D eigenvalue weighted by molar-refractivity contribution is -0.123. The zero-order valence-corrected chi connectivity index (χ0v) is 18.4. The van der Waals surface area contributed by atoms with Crippen LogP contribution in [0.3, 0.4) is 0 Å². The van der Waals surface area contributed by atoms with E-state index in [1.807, 2.05) is 6.92 Å². The summed E-state index contributed by atoms with van der Waals surface area (Å²) < 4.78 is 0. The summed E-state index contributed by atoms with van der Waals surface area (Å²) in [7, 11) is 0. The van der Waals surface area contributed by atoms with E-state index in [1.54, 1.807) is 42.5 Å². The maximum absolute atomic E-state index is 13.2. The number of carboxylic acids is 1. The molecule has 2 amide bonds. The molecule has 1 saturated carbocycles. The first-order valence-electron chi connectivity index (χ1n) is 10.8. The van der Waals surface area contributed by atoms with Gasteiger partial charge in [-0.05, 0) is 49.4 Å². The summed E-state index contributed by atoms with van der Waals surface area (Å²) in [4.78, 5) is 44.0. The minimum atomic E-state index is -1.07. The number of anilines is 1. The molecule has 4 atom stereocenters. The molecule has 2 fully saturated rings. The molecule has 7 heteroatoms. The molecule has 2 bridgehead atoms. The van der Waals surface area contributed by atoms with Gasteiger partial charge in [0.1, 0.15) is 0 Å². The Morgan fingerprint density at radius 1 is 1.09 bits per heavy atom. The molecular weight excluding hydrogens is 440 g/mol. The Labute approximate surface area is 194 Å². The Bertz CT molecular complexity index is 1410. The van der Waals surface area contributed by atoms with E-state index in [0.717, 1.165) is 6.42 Å². The molecule has 33 heavy (non-hydrogen) atoms. The van der Waals surface area contributed by atoms with Gasteiger partial charge in [-0.1, -0.05) is 47.5 Å². The Morgan fingerprint density at radius 3 is 2.55 bits per heavy atom. The average Bonchev–Trinajstić information content (AvgIpc) is 3.44. The number of fused-ring (bicyclic) bond motifs is 6. The molecular formula is C26H19ClN2O4.